The van der Waals surface area contributed by atoms with Crippen molar-refractivity contribution in [1.82, 2.24) is 14.8 Å². The summed E-state index contributed by atoms with van der Waals surface area (Å²) in [5, 5.41) is 17.7. The number of nitrogens with one attached hydrogen (secondary N) is 2. The highest BCUT2D eigenvalue weighted by atomic mass is 15.1. The van der Waals surface area contributed by atoms with Crippen LogP contribution < -0.4 is 10.6 Å². The molecular weight excluding hydrogens is 430 g/mol. The van der Waals surface area contributed by atoms with E-state index < -0.39 is 5.41 Å². The number of piperidine rings is 1. The third-order valence-electron chi connectivity index (χ3n) is 7.08. The van der Waals surface area contributed by atoms with Gasteiger partial charge >= 0.3 is 0 Å². The lowest BCUT2D eigenvalue weighted by molar-refractivity contribution is 0.234. The van der Waals surface area contributed by atoms with E-state index >= 15 is 0 Å². The number of fused-ring (bicyclic) bond motifs is 1. The number of nitrogens with zero attached hydrogens (tertiary/aromatic N) is 3. The van der Waals surface area contributed by atoms with Gasteiger partial charge in [0, 0.05) is 35.7 Å². The Bertz CT molecular complexity index is 1240. The van der Waals surface area contributed by atoms with Crippen molar-refractivity contribution in [3.8, 4) is 17.9 Å². The molecule has 1 aromatic heterocycles. The molecule has 2 aromatic carbocycles. The molecule has 0 amide bonds. The average Bonchev–Trinajstić information content (AvgIpc) is 3.23. The van der Waals surface area contributed by atoms with Crippen molar-refractivity contribution >= 4 is 16.6 Å². The fourth-order valence-electron chi connectivity index (χ4n) is 4.70. The molecule has 0 unspecified atom stereocenters. The van der Waals surface area contributed by atoms with E-state index in [1.54, 1.807) is 0 Å². The van der Waals surface area contributed by atoms with E-state index in [2.05, 4.69) is 76.2 Å². The van der Waals surface area contributed by atoms with Gasteiger partial charge in [-0.1, -0.05) is 24.1 Å². The van der Waals surface area contributed by atoms with Gasteiger partial charge in [-0.3, -0.25) is 0 Å². The zero-order valence-corrected chi connectivity index (χ0v) is 21.5. The Morgan fingerprint density at radius 1 is 1.06 bits per heavy atom. The largest absolute Gasteiger partial charge is 0.374 e. The van der Waals surface area contributed by atoms with Gasteiger partial charge in [0.05, 0.1) is 23.7 Å². The number of benzene rings is 2. The molecule has 1 aliphatic heterocycles. The second-order valence-corrected chi connectivity index (χ2v) is 10.1. The molecule has 2 N–H and O–H groups in total. The smallest absolute Gasteiger partial charge is 0.0931 e. The number of likely N-dealkylation sites (tertiary alicyclic amines) is 1. The number of hydrogen-bond donors (Lipinski definition) is 2. The van der Waals surface area contributed by atoms with Crippen LogP contribution in [0.25, 0.3) is 10.9 Å². The molecule has 3 aromatic rings. The van der Waals surface area contributed by atoms with Gasteiger partial charge < -0.3 is 20.1 Å². The molecule has 4 rings (SSSR count). The van der Waals surface area contributed by atoms with E-state index in [0.717, 1.165) is 30.0 Å². The van der Waals surface area contributed by atoms with E-state index in [1.807, 2.05) is 38.1 Å². The van der Waals surface area contributed by atoms with Crippen LogP contribution in [0.5, 0.6) is 0 Å². The molecule has 5 nitrogen and oxygen atoms in total. The summed E-state index contributed by atoms with van der Waals surface area (Å²) in [6.45, 7) is 10.8. The topological polar surface area (TPSA) is 56.0 Å². The standard InChI is InChI=1S/C30H37N5/c1-5-35-28(7-6-16-32-26-11-9-25(10-12-26)30(2,3)22-31)20-24-19-23(8-13-29(24)35)21-33-27-14-17-34(4)18-15-27/h8-13,19-20,27,32-33H,5,14-18,21H2,1-4H3. The van der Waals surface area contributed by atoms with E-state index in [4.69, 9.17) is 0 Å². The Labute approximate surface area is 210 Å². The summed E-state index contributed by atoms with van der Waals surface area (Å²) in [5.41, 5.74) is 5.17. The first-order chi connectivity index (χ1) is 16.9. The van der Waals surface area contributed by atoms with Crippen LogP contribution >= 0.6 is 0 Å². The second-order valence-electron chi connectivity index (χ2n) is 10.1. The predicted octanol–water partition coefficient (Wildman–Crippen LogP) is 5.11. The summed E-state index contributed by atoms with van der Waals surface area (Å²) >= 11 is 0. The molecule has 1 saturated heterocycles. The Hall–Kier alpha value is -3.25. The molecule has 2 heterocycles. The van der Waals surface area contributed by atoms with Gasteiger partial charge in [0.2, 0.25) is 0 Å². The van der Waals surface area contributed by atoms with Crippen LogP contribution in [-0.2, 0) is 18.5 Å². The van der Waals surface area contributed by atoms with Crippen LogP contribution in [0.15, 0.2) is 48.5 Å². The molecule has 0 radical (unpaired) electrons. The van der Waals surface area contributed by atoms with Gasteiger partial charge in [-0.25, -0.2) is 0 Å². The maximum absolute atomic E-state index is 9.31. The summed E-state index contributed by atoms with van der Waals surface area (Å²) in [6, 6.07) is 20.0. The first kappa shape index (κ1) is 24.9. The van der Waals surface area contributed by atoms with Gasteiger partial charge in [-0.2, -0.15) is 5.26 Å². The van der Waals surface area contributed by atoms with Crippen LogP contribution in [-0.4, -0.2) is 42.2 Å². The molecule has 5 heteroatoms. The van der Waals surface area contributed by atoms with Crippen molar-refractivity contribution in [3.05, 3.63) is 65.4 Å². The van der Waals surface area contributed by atoms with Gasteiger partial charge in [-0.15, -0.1) is 0 Å². The molecule has 0 aliphatic carbocycles. The molecule has 0 atom stereocenters. The monoisotopic (exact) mass is 467 g/mol. The maximum atomic E-state index is 9.31. The van der Waals surface area contributed by atoms with Gasteiger partial charge in [-0.05, 0) is 101 Å². The fourth-order valence-corrected chi connectivity index (χ4v) is 4.70. The average molecular weight is 468 g/mol. The molecule has 35 heavy (non-hydrogen) atoms. The summed E-state index contributed by atoms with van der Waals surface area (Å²) in [7, 11) is 2.20. The zero-order valence-electron chi connectivity index (χ0n) is 21.5. The minimum Gasteiger partial charge on any atom is -0.374 e. The Morgan fingerprint density at radius 3 is 2.49 bits per heavy atom. The van der Waals surface area contributed by atoms with Crippen molar-refractivity contribution in [2.45, 2.75) is 58.2 Å². The number of nitriles is 1. The third kappa shape index (κ3) is 6.06. The number of aryl methyl sites for hydroxylation is 1. The molecule has 182 valence electrons. The summed E-state index contributed by atoms with van der Waals surface area (Å²) < 4.78 is 2.29. The summed E-state index contributed by atoms with van der Waals surface area (Å²) in [6.07, 6.45) is 2.45. The van der Waals surface area contributed by atoms with Crippen molar-refractivity contribution in [2.24, 2.45) is 0 Å². The Morgan fingerprint density at radius 2 is 1.80 bits per heavy atom. The lowest BCUT2D eigenvalue weighted by Crippen LogP contribution is -2.40. The third-order valence-corrected chi connectivity index (χ3v) is 7.08. The fraction of sp³-hybridized carbons (Fsp3) is 0.433. The van der Waals surface area contributed by atoms with E-state index in [9.17, 15) is 5.26 Å². The molecule has 0 spiro atoms. The van der Waals surface area contributed by atoms with Crippen LogP contribution in [0.1, 0.15) is 50.4 Å². The number of rotatable bonds is 7. The SMILES string of the molecule is CCn1c(C#CCNc2ccc(C(C)(C)C#N)cc2)cc2cc(CNC3CCN(C)CC3)ccc21. The first-order valence-corrected chi connectivity index (χ1v) is 12.7. The van der Waals surface area contributed by atoms with Gasteiger partial charge in [0.25, 0.3) is 0 Å². The van der Waals surface area contributed by atoms with Crippen molar-refractivity contribution in [1.29, 1.82) is 5.26 Å². The zero-order chi connectivity index (χ0) is 24.8. The maximum Gasteiger partial charge on any atom is 0.0931 e. The first-order valence-electron chi connectivity index (χ1n) is 12.7. The molecule has 1 aliphatic rings. The Kier molecular flexibility index (Phi) is 7.81. The molecular formula is C30H37N5. The van der Waals surface area contributed by atoms with Gasteiger partial charge in [0.1, 0.15) is 0 Å². The lowest BCUT2D eigenvalue weighted by Gasteiger charge is -2.29. The minimum absolute atomic E-state index is 0.477. The summed E-state index contributed by atoms with van der Waals surface area (Å²) in [4.78, 5) is 2.41. The minimum atomic E-state index is -0.477. The van der Waals surface area contributed by atoms with Crippen molar-refractivity contribution < 1.29 is 0 Å². The number of hydrogen-bond acceptors (Lipinski definition) is 4. The van der Waals surface area contributed by atoms with Crippen molar-refractivity contribution in [3.63, 3.8) is 0 Å². The molecule has 0 saturated carbocycles. The van der Waals surface area contributed by atoms with Crippen LogP contribution in [0.4, 0.5) is 5.69 Å². The highest BCUT2D eigenvalue weighted by Gasteiger charge is 2.19. The quantitative estimate of drug-likeness (QED) is 0.474. The van der Waals surface area contributed by atoms with Crippen LogP contribution in [0, 0.1) is 23.2 Å². The number of aromatic nitrogens is 1. The van der Waals surface area contributed by atoms with E-state index in [-0.39, 0.29) is 0 Å². The second kappa shape index (κ2) is 11.0. The van der Waals surface area contributed by atoms with Gasteiger partial charge in [0.15, 0.2) is 0 Å². The molecule has 1 fully saturated rings. The normalized spacial score (nSPS) is 14.9. The predicted molar refractivity (Wildman–Crippen MR) is 145 cm³/mol. The van der Waals surface area contributed by atoms with E-state index in [1.165, 1.54) is 42.4 Å². The van der Waals surface area contributed by atoms with Crippen molar-refractivity contribution in [2.75, 3.05) is 32.0 Å². The van der Waals surface area contributed by atoms with Crippen LogP contribution in [0.3, 0.4) is 0 Å². The van der Waals surface area contributed by atoms with Crippen LogP contribution in [0.2, 0.25) is 0 Å². The lowest BCUT2D eigenvalue weighted by atomic mass is 9.86. The highest BCUT2D eigenvalue weighted by molar-refractivity contribution is 5.83. The molecule has 0 bridgehead atoms. The van der Waals surface area contributed by atoms with E-state index in [0.29, 0.717) is 12.6 Å². The Balaban J connectivity index is 1.39. The highest BCUT2D eigenvalue weighted by Crippen LogP contribution is 2.24. The number of anilines is 1. The summed E-state index contributed by atoms with van der Waals surface area (Å²) in [5.74, 6) is 6.64.